The topological polar surface area (TPSA) is 54.5 Å². The molecular weight excluding hydrogens is 353 g/mol. The highest BCUT2D eigenvalue weighted by Gasteiger charge is 2.19. The molecular formula is C19H24FN3O2S. The molecule has 7 heteroatoms. The molecule has 0 aliphatic carbocycles. The van der Waals surface area contributed by atoms with E-state index in [9.17, 15) is 9.18 Å². The Morgan fingerprint density at radius 2 is 2.04 bits per heavy atom. The third kappa shape index (κ3) is 4.87. The third-order valence-corrected chi connectivity index (χ3v) is 5.48. The number of aromatic nitrogens is 1. The molecule has 0 bridgehead atoms. The summed E-state index contributed by atoms with van der Waals surface area (Å²) in [5.41, 5.74) is 1.60. The minimum atomic E-state index is -0.280. The lowest BCUT2D eigenvalue weighted by Crippen LogP contribution is -2.47. The average Bonchev–Trinajstić information content (AvgIpc) is 3.01. The van der Waals surface area contributed by atoms with Crippen molar-refractivity contribution in [3.8, 4) is 11.3 Å². The summed E-state index contributed by atoms with van der Waals surface area (Å²) in [4.78, 5) is 20.2. The fourth-order valence-corrected chi connectivity index (χ4v) is 4.00. The van der Waals surface area contributed by atoms with E-state index in [1.54, 1.807) is 12.1 Å². The van der Waals surface area contributed by atoms with E-state index in [4.69, 9.17) is 4.74 Å². The second-order valence-electron chi connectivity index (χ2n) is 6.49. The van der Waals surface area contributed by atoms with Crippen LogP contribution in [0.2, 0.25) is 0 Å². The predicted molar refractivity (Wildman–Crippen MR) is 101 cm³/mol. The first-order valence-electron chi connectivity index (χ1n) is 8.83. The van der Waals surface area contributed by atoms with Crippen LogP contribution in [0.3, 0.4) is 0 Å². The number of hydrogen-bond donors (Lipinski definition) is 1. The van der Waals surface area contributed by atoms with Gasteiger partial charge in [-0.15, -0.1) is 11.3 Å². The van der Waals surface area contributed by atoms with Gasteiger partial charge in [-0.25, -0.2) is 9.37 Å². The van der Waals surface area contributed by atoms with Crippen molar-refractivity contribution in [2.75, 3.05) is 32.8 Å². The molecule has 0 spiro atoms. The molecule has 1 fully saturated rings. The number of aryl methyl sites for hydroxylation is 1. The zero-order chi connectivity index (χ0) is 18.5. The van der Waals surface area contributed by atoms with E-state index in [1.165, 1.54) is 23.5 Å². The largest absolute Gasteiger partial charge is 0.379 e. The van der Waals surface area contributed by atoms with Gasteiger partial charge >= 0.3 is 0 Å². The molecule has 140 valence electrons. The zero-order valence-electron chi connectivity index (χ0n) is 15.1. The first kappa shape index (κ1) is 18.9. The van der Waals surface area contributed by atoms with Crippen LogP contribution in [0, 0.1) is 12.7 Å². The molecule has 1 aromatic heterocycles. The Morgan fingerprint density at radius 3 is 2.73 bits per heavy atom. The number of ether oxygens (including phenoxy) is 1. The maximum Gasteiger partial charge on any atom is 0.225 e. The van der Waals surface area contributed by atoms with E-state index >= 15 is 0 Å². The molecule has 1 N–H and O–H groups in total. The molecule has 0 unspecified atom stereocenters. The number of hydrogen-bond acceptors (Lipinski definition) is 5. The molecule has 1 amide bonds. The Bertz CT molecular complexity index is 742. The maximum atomic E-state index is 13.2. The normalized spacial score (nSPS) is 16.4. The highest BCUT2D eigenvalue weighted by atomic mass is 32.1. The van der Waals surface area contributed by atoms with Crippen molar-refractivity contribution in [3.05, 3.63) is 40.0 Å². The molecule has 1 atom stereocenters. The van der Waals surface area contributed by atoms with Crippen LogP contribution in [0.1, 0.15) is 16.8 Å². The van der Waals surface area contributed by atoms with Gasteiger partial charge in [-0.05, 0) is 38.1 Å². The molecule has 1 aliphatic rings. The van der Waals surface area contributed by atoms with Gasteiger partial charge in [0.25, 0.3) is 0 Å². The van der Waals surface area contributed by atoms with Crippen molar-refractivity contribution < 1.29 is 13.9 Å². The van der Waals surface area contributed by atoms with Crippen LogP contribution in [0.25, 0.3) is 11.3 Å². The number of morpholine rings is 1. The Balaban J connectivity index is 1.60. The predicted octanol–water partition coefficient (Wildman–Crippen LogP) is 2.64. The van der Waals surface area contributed by atoms with Gasteiger partial charge in [0.2, 0.25) is 5.91 Å². The standard InChI is InChI=1S/C19H24FN3O2S/c1-13(23-7-9-25-10-8-23)12-21-18(24)11-17-19(22-14(2)26-17)15-3-5-16(20)6-4-15/h3-6,13H,7-12H2,1-2H3,(H,21,24)/t13-/m0/s1. The van der Waals surface area contributed by atoms with Gasteiger partial charge in [-0.3, -0.25) is 9.69 Å². The number of carbonyl (C=O) groups is 1. The van der Waals surface area contributed by atoms with Crippen LogP contribution in [0.15, 0.2) is 24.3 Å². The minimum absolute atomic E-state index is 0.0166. The molecule has 3 rings (SSSR count). The number of amides is 1. The van der Waals surface area contributed by atoms with Crippen LogP contribution in [-0.4, -0.2) is 54.7 Å². The van der Waals surface area contributed by atoms with Crippen molar-refractivity contribution >= 4 is 17.2 Å². The number of thiazole rings is 1. The molecule has 5 nitrogen and oxygen atoms in total. The van der Waals surface area contributed by atoms with Crippen LogP contribution >= 0.6 is 11.3 Å². The third-order valence-electron chi connectivity index (χ3n) is 4.51. The SMILES string of the molecule is Cc1nc(-c2ccc(F)cc2)c(CC(=O)NC[C@H](C)N2CCOCC2)s1. The Labute approximate surface area is 157 Å². The monoisotopic (exact) mass is 377 g/mol. The summed E-state index contributed by atoms with van der Waals surface area (Å²) in [5.74, 6) is -0.297. The summed E-state index contributed by atoms with van der Waals surface area (Å²) in [6.07, 6.45) is 0.286. The van der Waals surface area contributed by atoms with E-state index < -0.39 is 0 Å². The summed E-state index contributed by atoms with van der Waals surface area (Å²) in [5, 5.41) is 3.92. The highest BCUT2D eigenvalue weighted by molar-refractivity contribution is 7.12. The first-order valence-corrected chi connectivity index (χ1v) is 9.65. The molecule has 1 saturated heterocycles. The number of nitrogens with one attached hydrogen (secondary N) is 1. The Morgan fingerprint density at radius 1 is 1.35 bits per heavy atom. The zero-order valence-corrected chi connectivity index (χ0v) is 15.9. The smallest absolute Gasteiger partial charge is 0.225 e. The van der Waals surface area contributed by atoms with E-state index in [0.29, 0.717) is 6.54 Å². The molecule has 26 heavy (non-hydrogen) atoms. The molecule has 2 heterocycles. The average molecular weight is 377 g/mol. The quantitative estimate of drug-likeness (QED) is 0.841. The molecule has 1 aliphatic heterocycles. The van der Waals surface area contributed by atoms with Gasteiger partial charge in [0.05, 0.1) is 30.3 Å². The van der Waals surface area contributed by atoms with Crippen molar-refractivity contribution in [1.82, 2.24) is 15.2 Å². The minimum Gasteiger partial charge on any atom is -0.379 e. The lowest BCUT2D eigenvalue weighted by Gasteiger charge is -2.32. The highest BCUT2D eigenvalue weighted by Crippen LogP contribution is 2.28. The van der Waals surface area contributed by atoms with Gasteiger partial charge in [0.15, 0.2) is 0 Å². The van der Waals surface area contributed by atoms with E-state index in [0.717, 1.165) is 47.4 Å². The van der Waals surface area contributed by atoms with Gasteiger partial charge in [0, 0.05) is 36.1 Å². The maximum absolute atomic E-state index is 13.2. The molecule has 1 aromatic carbocycles. The van der Waals surface area contributed by atoms with E-state index in [2.05, 4.69) is 22.1 Å². The number of rotatable bonds is 6. The van der Waals surface area contributed by atoms with Crippen LogP contribution in [-0.2, 0) is 16.0 Å². The van der Waals surface area contributed by atoms with Gasteiger partial charge in [0.1, 0.15) is 5.82 Å². The second-order valence-corrected chi connectivity index (χ2v) is 7.78. The van der Waals surface area contributed by atoms with E-state index in [-0.39, 0.29) is 24.2 Å². The van der Waals surface area contributed by atoms with Crippen molar-refractivity contribution in [3.63, 3.8) is 0 Å². The summed E-state index contributed by atoms with van der Waals surface area (Å²) < 4.78 is 18.5. The Kier molecular flexibility index (Phi) is 6.34. The van der Waals surface area contributed by atoms with Crippen LogP contribution < -0.4 is 5.32 Å². The van der Waals surface area contributed by atoms with Crippen molar-refractivity contribution in [1.29, 1.82) is 0 Å². The van der Waals surface area contributed by atoms with Gasteiger partial charge in [-0.1, -0.05) is 0 Å². The summed E-state index contributed by atoms with van der Waals surface area (Å²) in [7, 11) is 0. The lowest BCUT2D eigenvalue weighted by molar-refractivity contribution is -0.120. The van der Waals surface area contributed by atoms with Crippen molar-refractivity contribution in [2.24, 2.45) is 0 Å². The fraction of sp³-hybridized carbons (Fsp3) is 0.474. The summed E-state index contributed by atoms with van der Waals surface area (Å²) in [6, 6.07) is 6.51. The summed E-state index contributed by atoms with van der Waals surface area (Å²) >= 11 is 1.51. The van der Waals surface area contributed by atoms with Gasteiger partial charge in [-0.2, -0.15) is 0 Å². The number of nitrogens with zero attached hydrogens (tertiary/aromatic N) is 2. The van der Waals surface area contributed by atoms with Crippen LogP contribution in [0.5, 0.6) is 0 Å². The van der Waals surface area contributed by atoms with E-state index in [1.807, 2.05) is 6.92 Å². The second kappa shape index (κ2) is 8.70. The molecule has 2 aromatic rings. The summed E-state index contributed by atoms with van der Waals surface area (Å²) in [6.45, 7) is 7.95. The van der Waals surface area contributed by atoms with Crippen molar-refractivity contribution in [2.45, 2.75) is 26.3 Å². The first-order chi connectivity index (χ1) is 12.5. The lowest BCUT2D eigenvalue weighted by atomic mass is 10.1. The number of carbonyl (C=O) groups excluding carboxylic acids is 1. The Hall–Kier alpha value is -1.83. The van der Waals surface area contributed by atoms with Gasteiger partial charge < -0.3 is 10.1 Å². The fourth-order valence-electron chi connectivity index (χ4n) is 3.04. The molecule has 0 radical (unpaired) electrons. The molecule has 0 saturated carbocycles. The number of halogens is 1. The van der Waals surface area contributed by atoms with Crippen LogP contribution in [0.4, 0.5) is 4.39 Å². The number of benzene rings is 1.